The Hall–Kier alpha value is -2.31. The normalized spacial score (nSPS) is 11.7. The molecule has 0 fully saturated rings. The maximum atomic E-state index is 12.7. The van der Waals surface area contributed by atoms with Gasteiger partial charge < -0.3 is 9.72 Å². The molecule has 0 radical (unpaired) electrons. The molecule has 1 N–H and O–H groups in total. The minimum Gasteiger partial charge on any atom is -0.489 e. The summed E-state index contributed by atoms with van der Waals surface area (Å²) in [5, 5.41) is 0. The van der Waals surface area contributed by atoms with E-state index in [-0.39, 0.29) is 11.8 Å². The monoisotopic (exact) mass is 298 g/mol. The van der Waals surface area contributed by atoms with Crippen molar-refractivity contribution >= 4 is 0 Å². The third-order valence-electron chi connectivity index (χ3n) is 2.57. The second-order valence-corrected chi connectivity index (χ2v) is 4.72. The number of hydrogen-bond donors (Lipinski definition) is 1. The van der Waals surface area contributed by atoms with Gasteiger partial charge in [-0.15, -0.1) is 0 Å². The summed E-state index contributed by atoms with van der Waals surface area (Å²) in [6.07, 6.45) is -1.86. The SMILES string of the molecule is CC(C)Oc1cncc(-c2cc(C(F)(F)F)cc(=O)[nH]2)c1. The van der Waals surface area contributed by atoms with Crippen molar-refractivity contribution in [2.45, 2.75) is 26.1 Å². The number of rotatable bonds is 3. The van der Waals surface area contributed by atoms with Crippen LogP contribution in [0.2, 0.25) is 0 Å². The number of nitrogens with one attached hydrogen (secondary N) is 1. The van der Waals surface area contributed by atoms with E-state index in [0.29, 0.717) is 17.4 Å². The Morgan fingerprint density at radius 1 is 1.19 bits per heavy atom. The average molecular weight is 298 g/mol. The van der Waals surface area contributed by atoms with Gasteiger partial charge in [0.25, 0.3) is 0 Å². The zero-order chi connectivity index (χ0) is 15.6. The standard InChI is InChI=1S/C14H13F3N2O2/c1-8(2)21-11-3-9(6-18-7-11)12-4-10(14(15,16)17)5-13(20)19-12/h3-8H,1-2H3,(H,19,20). The number of aromatic amines is 1. The third kappa shape index (κ3) is 3.84. The van der Waals surface area contributed by atoms with Gasteiger partial charge in [-0.1, -0.05) is 0 Å². The van der Waals surface area contributed by atoms with E-state index < -0.39 is 17.3 Å². The summed E-state index contributed by atoms with van der Waals surface area (Å²) in [5.41, 5.74) is -1.45. The molecule has 0 aliphatic carbocycles. The quantitative estimate of drug-likeness (QED) is 0.946. The Kier molecular flexibility index (Phi) is 4.02. The molecule has 0 aliphatic rings. The van der Waals surface area contributed by atoms with E-state index in [2.05, 4.69) is 9.97 Å². The molecule has 0 saturated carbocycles. The predicted molar refractivity (Wildman–Crippen MR) is 71.1 cm³/mol. The first kappa shape index (κ1) is 15.1. The molecule has 2 aromatic heterocycles. The van der Waals surface area contributed by atoms with Crippen LogP contribution in [0.3, 0.4) is 0 Å². The van der Waals surface area contributed by atoms with Gasteiger partial charge in [-0.2, -0.15) is 13.2 Å². The first-order valence-corrected chi connectivity index (χ1v) is 6.19. The van der Waals surface area contributed by atoms with E-state index in [4.69, 9.17) is 4.74 Å². The Morgan fingerprint density at radius 3 is 2.52 bits per heavy atom. The number of hydrogen-bond acceptors (Lipinski definition) is 3. The van der Waals surface area contributed by atoms with E-state index in [1.165, 1.54) is 18.5 Å². The van der Waals surface area contributed by atoms with Crippen LogP contribution in [0, 0.1) is 0 Å². The summed E-state index contributed by atoms with van der Waals surface area (Å²) < 4.78 is 43.6. The van der Waals surface area contributed by atoms with Gasteiger partial charge in [0.2, 0.25) is 5.56 Å². The second-order valence-electron chi connectivity index (χ2n) is 4.72. The van der Waals surface area contributed by atoms with Gasteiger partial charge in [-0.05, 0) is 26.0 Å². The minimum absolute atomic E-state index is 0.0385. The fourth-order valence-corrected chi connectivity index (χ4v) is 1.77. The van der Waals surface area contributed by atoms with Crippen LogP contribution in [0.5, 0.6) is 5.75 Å². The predicted octanol–water partition coefficient (Wildman–Crippen LogP) is 3.24. The van der Waals surface area contributed by atoms with Crippen LogP contribution in [0.4, 0.5) is 13.2 Å². The second kappa shape index (κ2) is 5.59. The summed E-state index contributed by atoms with van der Waals surface area (Å²) in [4.78, 5) is 17.7. The molecule has 7 heteroatoms. The minimum atomic E-state index is -4.58. The van der Waals surface area contributed by atoms with Crippen molar-refractivity contribution in [2.24, 2.45) is 0 Å². The van der Waals surface area contributed by atoms with Gasteiger partial charge in [-0.25, -0.2) is 0 Å². The van der Waals surface area contributed by atoms with Gasteiger partial charge in [0.05, 0.1) is 23.6 Å². The molecule has 0 amide bonds. The largest absolute Gasteiger partial charge is 0.489 e. The first-order chi connectivity index (χ1) is 9.75. The van der Waals surface area contributed by atoms with Crippen molar-refractivity contribution in [3.8, 4) is 17.0 Å². The molecular weight excluding hydrogens is 285 g/mol. The van der Waals surface area contributed by atoms with Crippen molar-refractivity contribution in [1.82, 2.24) is 9.97 Å². The molecule has 0 unspecified atom stereocenters. The molecule has 2 rings (SSSR count). The molecule has 4 nitrogen and oxygen atoms in total. The van der Waals surface area contributed by atoms with Crippen LogP contribution in [0.1, 0.15) is 19.4 Å². The van der Waals surface area contributed by atoms with Gasteiger partial charge in [0, 0.05) is 17.8 Å². The first-order valence-electron chi connectivity index (χ1n) is 6.19. The summed E-state index contributed by atoms with van der Waals surface area (Å²) in [6.45, 7) is 3.64. The van der Waals surface area contributed by atoms with Crippen LogP contribution in [-0.4, -0.2) is 16.1 Å². The number of H-pyrrole nitrogens is 1. The summed E-state index contributed by atoms with van der Waals surface area (Å²) in [6, 6.07) is 2.92. The Labute approximate surface area is 118 Å². The molecular formula is C14H13F3N2O2. The number of ether oxygens (including phenoxy) is 1. The molecule has 0 saturated heterocycles. The molecule has 0 aliphatic heterocycles. The van der Waals surface area contributed by atoms with Gasteiger partial charge >= 0.3 is 6.18 Å². The van der Waals surface area contributed by atoms with Crippen molar-refractivity contribution in [3.63, 3.8) is 0 Å². The van der Waals surface area contributed by atoms with E-state index in [1.807, 2.05) is 13.8 Å². The summed E-state index contributed by atoms with van der Waals surface area (Å²) in [5.74, 6) is 0.417. The van der Waals surface area contributed by atoms with Crippen LogP contribution in [0.15, 0.2) is 35.4 Å². The van der Waals surface area contributed by atoms with E-state index in [1.54, 1.807) is 0 Å². The summed E-state index contributed by atoms with van der Waals surface area (Å²) >= 11 is 0. The van der Waals surface area contributed by atoms with Crippen LogP contribution in [0.25, 0.3) is 11.3 Å². The molecule has 112 valence electrons. The maximum absolute atomic E-state index is 12.7. The zero-order valence-corrected chi connectivity index (χ0v) is 11.4. The Morgan fingerprint density at radius 2 is 1.90 bits per heavy atom. The van der Waals surface area contributed by atoms with Crippen molar-refractivity contribution < 1.29 is 17.9 Å². The molecule has 0 bridgehead atoms. The van der Waals surface area contributed by atoms with Gasteiger partial charge in [0.1, 0.15) is 5.75 Å². The van der Waals surface area contributed by atoms with Crippen LogP contribution in [-0.2, 0) is 6.18 Å². The highest BCUT2D eigenvalue weighted by atomic mass is 19.4. The van der Waals surface area contributed by atoms with Crippen LogP contribution >= 0.6 is 0 Å². The Balaban J connectivity index is 2.47. The fourth-order valence-electron chi connectivity index (χ4n) is 1.77. The van der Waals surface area contributed by atoms with Crippen molar-refractivity contribution in [2.75, 3.05) is 0 Å². The van der Waals surface area contributed by atoms with Crippen LogP contribution < -0.4 is 10.3 Å². The Bertz CT molecular complexity index is 693. The number of pyridine rings is 2. The highest BCUT2D eigenvalue weighted by Crippen LogP contribution is 2.30. The smallest absolute Gasteiger partial charge is 0.416 e. The third-order valence-corrected chi connectivity index (χ3v) is 2.57. The number of halogens is 3. The molecule has 0 atom stereocenters. The maximum Gasteiger partial charge on any atom is 0.416 e. The van der Waals surface area contributed by atoms with E-state index in [9.17, 15) is 18.0 Å². The van der Waals surface area contributed by atoms with Gasteiger partial charge in [0.15, 0.2) is 0 Å². The van der Waals surface area contributed by atoms with Crippen molar-refractivity contribution in [3.05, 3.63) is 46.5 Å². The highest BCUT2D eigenvalue weighted by molar-refractivity contribution is 5.60. The number of aromatic nitrogens is 2. The lowest BCUT2D eigenvalue weighted by Gasteiger charge is -2.11. The number of alkyl halides is 3. The zero-order valence-electron chi connectivity index (χ0n) is 11.4. The lowest BCUT2D eigenvalue weighted by atomic mass is 10.1. The lowest BCUT2D eigenvalue weighted by Crippen LogP contribution is -2.14. The molecule has 0 spiro atoms. The average Bonchev–Trinajstić information content (AvgIpc) is 2.36. The highest BCUT2D eigenvalue weighted by Gasteiger charge is 2.31. The number of nitrogens with zero attached hydrogens (tertiary/aromatic N) is 1. The lowest BCUT2D eigenvalue weighted by molar-refractivity contribution is -0.137. The van der Waals surface area contributed by atoms with E-state index in [0.717, 1.165) is 6.07 Å². The summed E-state index contributed by atoms with van der Waals surface area (Å²) in [7, 11) is 0. The van der Waals surface area contributed by atoms with Gasteiger partial charge in [-0.3, -0.25) is 9.78 Å². The topological polar surface area (TPSA) is 55.0 Å². The molecule has 2 heterocycles. The fraction of sp³-hybridized carbons (Fsp3) is 0.286. The molecule has 0 aromatic carbocycles. The van der Waals surface area contributed by atoms with Crippen molar-refractivity contribution in [1.29, 1.82) is 0 Å². The molecule has 2 aromatic rings. The molecule has 21 heavy (non-hydrogen) atoms. The van der Waals surface area contributed by atoms with E-state index >= 15 is 0 Å².